The molecule has 0 radical (unpaired) electrons. The lowest BCUT2D eigenvalue weighted by atomic mass is 10.1. The third kappa shape index (κ3) is 9.05. The molecule has 0 aromatic carbocycles. The van der Waals surface area contributed by atoms with Crippen LogP contribution in [0.15, 0.2) is 17.1 Å². The highest BCUT2D eigenvalue weighted by Crippen LogP contribution is 2.13. The van der Waals surface area contributed by atoms with E-state index in [0.717, 1.165) is 32.5 Å². The number of aliphatic imine (C=N–C) groups is 1. The molecule has 1 atom stereocenters. The Morgan fingerprint density at radius 1 is 1.10 bits per heavy atom. The van der Waals surface area contributed by atoms with Gasteiger partial charge in [-0.2, -0.15) is 0 Å². The van der Waals surface area contributed by atoms with Crippen LogP contribution < -0.4 is 5.73 Å². The number of hydrogen-bond donors (Lipinski definition) is 1. The van der Waals surface area contributed by atoms with Crippen LogP contribution in [0.25, 0.3) is 0 Å². The van der Waals surface area contributed by atoms with E-state index in [4.69, 9.17) is 5.73 Å². The van der Waals surface area contributed by atoms with Crippen molar-refractivity contribution in [1.82, 2.24) is 4.90 Å². The predicted octanol–water partition coefficient (Wildman–Crippen LogP) is 4.13. The van der Waals surface area contributed by atoms with Gasteiger partial charge in [-0.1, -0.05) is 57.6 Å². The standard InChI is InChI=1S/C18H35N3/c1-2-3-4-5-6-7-8-9-10-11-12-13-18-20-15-17-21(18)16-14-19/h10-11,15,18H,2-9,12-14,16-17,19H2,1H3/b11-10+. The van der Waals surface area contributed by atoms with Gasteiger partial charge in [0.2, 0.25) is 0 Å². The lowest BCUT2D eigenvalue weighted by molar-refractivity contribution is 0.247. The van der Waals surface area contributed by atoms with Crippen molar-refractivity contribution in [3.8, 4) is 0 Å². The summed E-state index contributed by atoms with van der Waals surface area (Å²) in [6, 6.07) is 0. The van der Waals surface area contributed by atoms with Gasteiger partial charge >= 0.3 is 0 Å². The van der Waals surface area contributed by atoms with Gasteiger partial charge in [-0.15, -0.1) is 0 Å². The molecule has 0 fully saturated rings. The first-order valence-electron chi connectivity index (χ1n) is 8.99. The maximum atomic E-state index is 5.62. The Hall–Kier alpha value is -0.670. The zero-order valence-electron chi connectivity index (χ0n) is 14.0. The molecular weight excluding hydrogens is 258 g/mol. The van der Waals surface area contributed by atoms with Crippen LogP contribution in [0.5, 0.6) is 0 Å². The topological polar surface area (TPSA) is 41.6 Å². The summed E-state index contributed by atoms with van der Waals surface area (Å²) in [5, 5.41) is 0. The van der Waals surface area contributed by atoms with Crippen LogP contribution in [0.2, 0.25) is 0 Å². The maximum Gasteiger partial charge on any atom is 0.102 e. The summed E-state index contributed by atoms with van der Waals surface area (Å²) in [6.07, 6.45) is 20.4. The van der Waals surface area contributed by atoms with Gasteiger partial charge in [-0.05, 0) is 25.7 Å². The van der Waals surface area contributed by atoms with Crippen molar-refractivity contribution in [3.05, 3.63) is 12.2 Å². The fourth-order valence-electron chi connectivity index (χ4n) is 2.85. The molecule has 1 aliphatic heterocycles. The molecule has 0 saturated heterocycles. The normalized spacial score (nSPS) is 19.0. The van der Waals surface area contributed by atoms with Crippen LogP contribution in [0, 0.1) is 0 Å². The number of nitrogens with two attached hydrogens (primary N) is 1. The molecular formula is C18H35N3. The van der Waals surface area contributed by atoms with Crippen LogP contribution in [-0.2, 0) is 0 Å². The Bertz CT molecular complexity index is 286. The molecule has 122 valence electrons. The first-order valence-corrected chi connectivity index (χ1v) is 8.99. The van der Waals surface area contributed by atoms with E-state index in [9.17, 15) is 0 Å². The minimum absolute atomic E-state index is 0.372. The highest BCUT2D eigenvalue weighted by molar-refractivity contribution is 5.62. The molecule has 0 aliphatic carbocycles. The molecule has 0 saturated carbocycles. The molecule has 21 heavy (non-hydrogen) atoms. The van der Waals surface area contributed by atoms with Crippen molar-refractivity contribution in [2.24, 2.45) is 10.7 Å². The Labute approximate surface area is 131 Å². The molecule has 0 aromatic rings. The Kier molecular flexibility index (Phi) is 11.4. The minimum Gasteiger partial charge on any atom is -0.329 e. The van der Waals surface area contributed by atoms with Gasteiger partial charge in [-0.3, -0.25) is 9.89 Å². The summed E-state index contributed by atoms with van der Waals surface area (Å²) in [5.41, 5.74) is 5.62. The van der Waals surface area contributed by atoms with Crippen LogP contribution >= 0.6 is 0 Å². The quantitative estimate of drug-likeness (QED) is 0.410. The monoisotopic (exact) mass is 293 g/mol. The third-order valence-electron chi connectivity index (χ3n) is 4.16. The first kappa shape index (κ1) is 18.4. The average molecular weight is 293 g/mol. The minimum atomic E-state index is 0.372. The average Bonchev–Trinajstić information content (AvgIpc) is 2.92. The van der Waals surface area contributed by atoms with E-state index in [1.54, 1.807) is 0 Å². The second-order valence-electron chi connectivity index (χ2n) is 6.05. The molecule has 3 nitrogen and oxygen atoms in total. The molecule has 3 heteroatoms. The van der Waals surface area contributed by atoms with Crippen molar-refractivity contribution in [3.63, 3.8) is 0 Å². The second-order valence-corrected chi connectivity index (χ2v) is 6.05. The smallest absolute Gasteiger partial charge is 0.102 e. The fraction of sp³-hybridized carbons (Fsp3) is 0.833. The summed E-state index contributed by atoms with van der Waals surface area (Å²) in [5.74, 6) is 0. The van der Waals surface area contributed by atoms with Gasteiger partial charge in [0.05, 0.1) is 0 Å². The molecule has 0 bridgehead atoms. The van der Waals surface area contributed by atoms with E-state index >= 15 is 0 Å². The highest BCUT2D eigenvalue weighted by atomic mass is 15.3. The van der Waals surface area contributed by atoms with Gasteiger partial charge in [0.15, 0.2) is 0 Å². The fourth-order valence-corrected chi connectivity index (χ4v) is 2.85. The summed E-state index contributed by atoms with van der Waals surface area (Å²) < 4.78 is 0. The van der Waals surface area contributed by atoms with E-state index in [0.29, 0.717) is 6.17 Å². The van der Waals surface area contributed by atoms with E-state index in [-0.39, 0.29) is 0 Å². The van der Waals surface area contributed by atoms with Crippen molar-refractivity contribution in [2.75, 3.05) is 19.6 Å². The molecule has 2 N–H and O–H groups in total. The third-order valence-corrected chi connectivity index (χ3v) is 4.16. The van der Waals surface area contributed by atoms with Crippen LogP contribution in [0.4, 0.5) is 0 Å². The molecule has 0 aromatic heterocycles. The zero-order valence-corrected chi connectivity index (χ0v) is 14.0. The lowest BCUT2D eigenvalue weighted by Gasteiger charge is -2.21. The summed E-state index contributed by atoms with van der Waals surface area (Å²) in [4.78, 5) is 6.90. The summed E-state index contributed by atoms with van der Waals surface area (Å²) in [6.45, 7) is 4.95. The van der Waals surface area contributed by atoms with Gasteiger partial charge < -0.3 is 5.73 Å². The van der Waals surface area contributed by atoms with Crippen molar-refractivity contribution >= 4 is 6.21 Å². The van der Waals surface area contributed by atoms with Crippen LogP contribution in [0.1, 0.15) is 71.1 Å². The number of unbranched alkanes of at least 4 members (excludes halogenated alkanes) is 7. The summed E-state index contributed by atoms with van der Waals surface area (Å²) in [7, 11) is 0. The SMILES string of the molecule is CCCCCCCCC/C=C/CCC1N=CCN1CCN. The Balaban J connectivity index is 1.92. The molecule has 1 aliphatic rings. The van der Waals surface area contributed by atoms with Crippen molar-refractivity contribution in [2.45, 2.75) is 77.3 Å². The number of rotatable bonds is 13. The van der Waals surface area contributed by atoms with E-state index < -0.39 is 0 Å². The molecule has 1 heterocycles. The predicted molar refractivity (Wildman–Crippen MR) is 93.9 cm³/mol. The largest absolute Gasteiger partial charge is 0.329 e. The van der Waals surface area contributed by atoms with E-state index in [2.05, 4.69) is 29.0 Å². The Morgan fingerprint density at radius 3 is 2.57 bits per heavy atom. The first-order chi connectivity index (χ1) is 10.4. The number of hydrogen-bond acceptors (Lipinski definition) is 3. The van der Waals surface area contributed by atoms with Crippen molar-refractivity contribution < 1.29 is 0 Å². The van der Waals surface area contributed by atoms with Gasteiger partial charge in [0.1, 0.15) is 6.17 Å². The summed E-state index contributed by atoms with van der Waals surface area (Å²) >= 11 is 0. The molecule has 0 amide bonds. The van der Waals surface area contributed by atoms with Gasteiger partial charge in [0, 0.05) is 25.8 Å². The highest BCUT2D eigenvalue weighted by Gasteiger charge is 2.18. The lowest BCUT2D eigenvalue weighted by Crippen LogP contribution is -2.34. The van der Waals surface area contributed by atoms with E-state index in [1.807, 2.05) is 6.21 Å². The number of allylic oxidation sites excluding steroid dienone is 2. The van der Waals surface area contributed by atoms with Crippen LogP contribution in [-0.4, -0.2) is 36.9 Å². The zero-order chi connectivity index (χ0) is 15.2. The van der Waals surface area contributed by atoms with Crippen molar-refractivity contribution in [1.29, 1.82) is 0 Å². The number of nitrogens with zero attached hydrogens (tertiary/aromatic N) is 2. The van der Waals surface area contributed by atoms with Crippen LogP contribution in [0.3, 0.4) is 0 Å². The van der Waals surface area contributed by atoms with E-state index in [1.165, 1.54) is 51.4 Å². The molecule has 1 rings (SSSR count). The van der Waals surface area contributed by atoms with Gasteiger partial charge in [0.25, 0.3) is 0 Å². The molecule has 0 spiro atoms. The maximum absolute atomic E-state index is 5.62. The van der Waals surface area contributed by atoms with Gasteiger partial charge in [-0.25, -0.2) is 0 Å². The second kappa shape index (κ2) is 13.0. The Morgan fingerprint density at radius 2 is 1.81 bits per heavy atom. The molecule has 1 unspecified atom stereocenters.